The molecule has 1 aromatic carbocycles. The number of benzene rings is 1. The molecule has 0 aliphatic rings. The van der Waals surface area contributed by atoms with E-state index >= 15 is 0 Å². The minimum atomic E-state index is -4.77. The van der Waals surface area contributed by atoms with Gasteiger partial charge < -0.3 is 10.1 Å². The van der Waals surface area contributed by atoms with Crippen LogP contribution >= 0.6 is 0 Å². The fraction of sp³-hybridized carbons (Fsp3) is 0.188. The molecule has 130 valence electrons. The summed E-state index contributed by atoms with van der Waals surface area (Å²) in [5, 5.41) is 7.70. The van der Waals surface area contributed by atoms with E-state index in [9.17, 15) is 18.0 Å². The summed E-state index contributed by atoms with van der Waals surface area (Å²) >= 11 is 0. The third-order valence-corrected chi connectivity index (χ3v) is 3.47. The molecule has 0 bridgehead atoms. The number of halogens is 3. The number of rotatable bonds is 3. The van der Waals surface area contributed by atoms with Gasteiger partial charge in [0.05, 0.1) is 17.6 Å². The molecule has 0 unspecified atom stereocenters. The average Bonchev–Trinajstić information content (AvgIpc) is 2.81. The first kappa shape index (κ1) is 16.7. The third kappa shape index (κ3) is 3.70. The molecule has 0 saturated carbocycles. The Labute approximate surface area is 140 Å². The van der Waals surface area contributed by atoms with Crippen molar-refractivity contribution in [1.82, 2.24) is 14.8 Å². The highest BCUT2D eigenvalue weighted by molar-refractivity contribution is 6.04. The van der Waals surface area contributed by atoms with Gasteiger partial charge in [0.25, 0.3) is 5.91 Å². The maximum Gasteiger partial charge on any atom is 0.573 e. The molecule has 9 heteroatoms. The average molecular weight is 350 g/mol. The van der Waals surface area contributed by atoms with E-state index in [0.717, 1.165) is 23.2 Å². The Balaban J connectivity index is 1.77. The SMILES string of the molecule is Cc1nn(C)c2ncc(NC(=O)c3ccc(OC(F)(F)F)cc3)cc12. The summed E-state index contributed by atoms with van der Waals surface area (Å²) in [5.74, 6) is -0.862. The molecule has 0 radical (unpaired) electrons. The van der Waals surface area contributed by atoms with Crippen LogP contribution in [0.3, 0.4) is 0 Å². The number of pyridine rings is 1. The topological polar surface area (TPSA) is 69.0 Å². The van der Waals surface area contributed by atoms with Crippen molar-refractivity contribution >= 4 is 22.6 Å². The zero-order chi connectivity index (χ0) is 18.2. The van der Waals surface area contributed by atoms with Gasteiger partial charge in [-0.3, -0.25) is 9.48 Å². The van der Waals surface area contributed by atoms with Crippen molar-refractivity contribution in [2.24, 2.45) is 7.05 Å². The minimum Gasteiger partial charge on any atom is -0.406 e. The van der Waals surface area contributed by atoms with Gasteiger partial charge in [-0.2, -0.15) is 5.10 Å². The van der Waals surface area contributed by atoms with Gasteiger partial charge in [0.2, 0.25) is 0 Å². The Morgan fingerprint density at radius 3 is 2.56 bits per heavy atom. The van der Waals surface area contributed by atoms with Gasteiger partial charge in [0.15, 0.2) is 5.65 Å². The smallest absolute Gasteiger partial charge is 0.406 e. The fourth-order valence-corrected chi connectivity index (χ4v) is 2.39. The number of hydrogen-bond acceptors (Lipinski definition) is 4. The van der Waals surface area contributed by atoms with Crippen molar-refractivity contribution in [2.75, 3.05) is 5.32 Å². The highest BCUT2D eigenvalue weighted by atomic mass is 19.4. The number of nitrogens with one attached hydrogen (secondary N) is 1. The zero-order valence-corrected chi connectivity index (χ0v) is 13.3. The van der Waals surface area contributed by atoms with Crippen molar-refractivity contribution in [3.8, 4) is 5.75 Å². The number of aryl methyl sites for hydroxylation is 2. The molecule has 2 heterocycles. The van der Waals surface area contributed by atoms with Crippen LogP contribution in [0.2, 0.25) is 0 Å². The number of hydrogen-bond donors (Lipinski definition) is 1. The molecule has 2 aromatic heterocycles. The van der Waals surface area contributed by atoms with E-state index in [2.05, 4.69) is 20.1 Å². The van der Waals surface area contributed by atoms with Gasteiger partial charge in [-0.1, -0.05) is 0 Å². The van der Waals surface area contributed by atoms with Crippen LogP contribution in [-0.2, 0) is 7.05 Å². The van der Waals surface area contributed by atoms with Gasteiger partial charge >= 0.3 is 6.36 Å². The summed E-state index contributed by atoms with van der Waals surface area (Å²) in [7, 11) is 1.77. The summed E-state index contributed by atoms with van der Waals surface area (Å²) < 4.78 is 41.8. The first-order valence-corrected chi connectivity index (χ1v) is 7.19. The molecule has 3 aromatic rings. The largest absolute Gasteiger partial charge is 0.573 e. The first-order valence-electron chi connectivity index (χ1n) is 7.19. The highest BCUT2D eigenvalue weighted by Gasteiger charge is 2.31. The minimum absolute atomic E-state index is 0.192. The summed E-state index contributed by atoms with van der Waals surface area (Å²) in [6, 6.07) is 6.39. The van der Waals surface area contributed by atoms with Crippen LogP contribution < -0.4 is 10.1 Å². The quantitative estimate of drug-likeness (QED) is 0.786. The highest BCUT2D eigenvalue weighted by Crippen LogP contribution is 2.23. The molecule has 0 spiro atoms. The molecule has 1 amide bonds. The predicted octanol–water partition coefficient (Wildman–Crippen LogP) is 3.43. The zero-order valence-electron chi connectivity index (χ0n) is 13.3. The van der Waals surface area contributed by atoms with Gasteiger partial charge in [0.1, 0.15) is 5.75 Å². The van der Waals surface area contributed by atoms with Crippen LogP contribution in [0.1, 0.15) is 16.1 Å². The Kier molecular flexibility index (Phi) is 4.07. The molecule has 25 heavy (non-hydrogen) atoms. The van der Waals surface area contributed by atoms with Crippen LogP contribution in [0, 0.1) is 6.92 Å². The van der Waals surface area contributed by atoms with Crippen molar-refractivity contribution in [2.45, 2.75) is 13.3 Å². The monoisotopic (exact) mass is 350 g/mol. The molecular formula is C16H13F3N4O2. The fourth-order valence-electron chi connectivity index (χ4n) is 2.39. The second-order valence-electron chi connectivity index (χ2n) is 5.33. The van der Waals surface area contributed by atoms with Crippen molar-refractivity contribution < 1.29 is 22.7 Å². The van der Waals surface area contributed by atoms with Crippen LogP contribution in [0.5, 0.6) is 5.75 Å². The molecule has 6 nitrogen and oxygen atoms in total. The Morgan fingerprint density at radius 1 is 1.24 bits per heavy atom. The lowest BCUT2D eigenvalue weighted by Crippen LogP contribution is -2.17. The van der Waals surface area contributed by atoms with Crippen molar-refractivity contribution in [3.05, 3.63) is 47.8 Å². The Hall–Kier alpha value is -3.10. The molecule has 0 atom stereocenters. The third-order valence-electron chi connectivity index (χ3n) is 3.47. The molecule has 3 rings (SSSR count). The number of carbonyl (C=O) groups is 1. The molecule has 0 aliphatic heterocycles. The van der Waals surface area contributed by atoms with Crippen LogP contribution in [0.15, 0.2) is 36.5 Å². The van der Waals surface area contributed by atoms with Gasteiger partial charge in [0, 0.05) is 18.0 Å². The molecule has 0 fully saturated rings. The number of nitrogens with zero attached hydrogens (tertiary/aromatic N) is 3. The lowest BCUT2D eigenvalue weighted by molar-refractivity contribution is -0.274. The number of aromatic nitrogens is 3. The first-order chi connectivity index (χ1) is 11.7. The van der Waals surface area contributed by atoms with Crippen LogP contribution in [-0.4, -0.2) is 27.0 Å². The number of anilines is 1. The molecule has 0 saturated heterocycles. The van der Waals surface area contributed by atoms with Gasteiger partial charge in [-0.05, 0) is 37.3 Å². The Bertz CT molecular complexity index is 933. The van der Waals surface area contributed by atoms with Crippen LogP contribution in [0.4, 0.5) is 18.9 Å². The number of ether oxygens (including phenoxy) is 1. The Morgan fingerprint density at radius 2 is 1.92 bits per heavy atom. The number of amides is 1. The lowest BCUT2D eigenvalue weighted by Gasteiger charge is -2.09. The molecular weight excluding hydrogens is 337 g/mol. The summed E-state index contributed by atoms with van der Waals surface area (Å²) in [6.07, 6.45) is -3.28. The van der Waals surface area contributed by atoms with E-state index in [1.165, 1.54) is 18.3 Å². The van der Waals surface area contributed by atoms with Gasteiger partial charge in [-0.15, -0.1) is 13.2 Å². The second kappa shape index (κ2) is 6.08. The summed E-state index contributed by atoms with van der Waals surface area (Å²) in [5.41, 5.74) is 2.11. The van der Waals surface area contributed by atoms with E-state index in [1.807, 2.05) is 6.92 Å². The predicted molar refractivity (Wildman–Crippen MR) is 84.3 cm³/mol. The van der Waals surface area contributed by atoms with E-state index in [4.69, 9.17) is 0 Å². The van der Waals surface area contributed by atoms with Crippen molar-refractivity contribution in [1.29, 1.82) is 0 Å². The summed E-state index contributed by atoms with van der Waals surface area (Å²) in [6.45, 7) is 1.83. The van der Waals surface area contributed by atoms with Crippen LogP contribution in [0.25, 0.3) is 11.0 Å². The number of carbonyl (C=O) groups excluding carboxylic acids is 1. The standard InChI is InChI=1S/C16H13F3N4O2/c1-9-13-7-11(8-20-14(13)23(2)22-9)21-15(24)10-3-5-12(6-4-10)25-16(17,18)19/h3-8H,1-2H3,(H,21,24). The van der Waals surface area contributed by atoms with Gasteiger partial charge in [-0.25, -0.2) is 4.98 Å². The van der Waals surface area contributed by atoms with E-state index in [0.29, 0.717) is 11.3 Å². The molecule has 1 N–H and O–H groups in total. The number of fused-ring (bicyclic) bond motifs is 1. The lowest BCUT2D eigenvalue weighted by atomic mass is 10.2. The van der Waals surface area contributed by atoms with E-state index in [1.54, 1.807) is 17.8 Å². The van der Waals surface area contributed by atoms with E-state index < -0.39 is 18.0 Å². The number of alkyl halides is 3. The normalized spacial score (nSPS) is 11.6. The van der Waals surface area contributed by atoms with Crippen molar-refractivity contribution in [3.63, 3.8) is 0 Å². The summed E-state index contributed by atoms with van der Waals surface area (Å²) in [4.78, 5) is 16.5. The van der Waals surface area contributed by atoms with E-state index in [-0.39, 0.29) is 5.56 Å². The second-order valence-corrected chi connectivity index (χ2v) is 5.33. The maximum atomic E-state index is 12.2. The maximum absolute atomic E-state index is 12.2. The molecule has 0 aliphatic carbocycles.